The second-order valence-electron chi connectivity index (χ2n) is 4.60. The molecule has 18 heavy (non-hydrogen) atoms. The van der Waals surface area contributed by atoms with Crippen LogP contribution in [0.2, 0.25) is 5.02 Å². The number of amides is 1. The van der Waals surface area contributed by atoms with Gasteiger partial charge in [-0.05, 0) is 68.1 Å². The molecule has 100 valence electrons. The van der Waals surface area contributed by atoms with E-state index in [1.54, 1.807) is 18.2 Å². The SMILES string of the molecule is CC(CCN(C)C)NC(=O)c1ccc(Cl)c(Br)c1. The van der Waals surface area contributed by atoms with Gasteiger partial charge in [0.05, 0.1) is 5.02 Å². The van der Waals surface area contributed by atoms with Crippen molar-refractivity contribution >= 4 is 33.4 Å². The number of rotatable bonds is 5. The van der Waals surface area contributed by atoms with Crippen LogP contribution in [0.4, 0.5) is 0 Å². The van der Waals surface area contributed by atoms with Crippen molar-refractivity contribution in [2.45, 2.75) is 19.4 Å². The van der Waals surface area contributed by atoms with Crippen LogP contribution in [0.5, 0.6) is 0 Å². The Morgan fingerprint density at radius 3 is 2.72 bits per heavy atom. The summed E-state index contributed by atoms with van der Waals surface area (Å²) < 4.78 is 0.734. The fourth-order valence-electron chi connectivity index (χ4n) is 1.47. The molecule has 0 heterocycles. The zero-order chi connectivity index (χ0) is 13.7. The topological polar surface area (TPSA) is 32.3 Å². The average Bonchev–Trinajstić information content (AvgIpc) is 2.30. The van der Waals surface area contributed by atoms with Crippen LogP contribution in [0.25, 0.3) is 0 Å². The first kappa shape index (κ1) is 15.5. The Hall–Kier alpha value is -0.580. The maximum Gasteiger partial charge on any atom is 0.251 e. The van der Waals surface area contributed by atoms with Crippen molar-refractivity contribution in [3.05, 3.63) is 33.3 Å². The number of halogens is 2. The highest BCUT2D eigenvalue weighted by molar-refractivity contribution is 9.10. The summed E-state index contributed by atoms with van der Waals surface area (Å²) in [6.45, 7) is 2.96. The molecular weight excluding hydrogens is 316 g/mol. The molecule has 5 heteroatoms. The lowest BCUT2D eigenvalue weighted by Gasteiger charge is -2.16. The summed E-state index contributed by atoms with van der Waals surface area (Å²) in [5, 5.41) is 3.57. The van der Waals surface area contributed by atoms with E-state index in [0.29, 0.717) is 10.6 Å². The van der Waals surface area contributed by atoms with E-state index >= 15 is 0 Å². The third kappa shape index (κ3) is 4.96. The van der Waals surface area contributed by atoms with Gasteiger partial charge in [-0.15, -0.1) is 0 Å². The molecule has 0 aliphatic carbocycles. The van der Waals surface area contributed by atoms with Crippen LogP contribution in [-0.2, 0) is 0 Å². The maximum absolute atomic E-state index is 12.0. The molecule has 1 aromatic rings. The Bertz CT molecular complexity index is 423. The van der Waals surface area contributed by atoms with Crippen molar-refractivity contribution in [1.82, 2.24) is 10.2 Å². The highest BCUT2D eigenvalue weighted by Crippen LogP contribution is 2.23. The summed E-state index contributed by atoms with van der Waals surface area (Å²) in [5.74, 6) is -0.0707. The molecule has 3 nitrogen and oxygen atoms in total. The molecule has 1 rings (SSSR count). The number of nitrogens with one attached hydrogen (secondary N) is 1. The minimum atomic E-state index is -0.0707. The molecule has 1 amide bonds. The summed E-state index contributed by atoms with van der Waals surface area (Å²) >= 11 is 9.20. The minimum absolute atomic E-state index is 0.0707. The van der Waals surface area contributed by atoms with Gasteiger partial charge >= 0.3 is 0 Å². The zero-order valence-corrected chi connectivity index (χ0v) is 13.2. The van der Waals surface area contributed by atoms with Gasteiger partial charge in [-0.2, -0.15) is 0 Å². The number of carbonyl (C=O) groups is 1. The molecular formula is C13H18BrClN2O. The van der Waals surface area contributed by atoms with Crippen molar-refractivity contribution in [3.63, 3.8) is 0 Å². The van der Waals surface area contributed by atoms with E-state index in [1.807, 2.05) is 21.0 Å². The van der Waals surface area contributed by atoms with Gasteiger partial charge in [-0.25, -0.2) is 0 Å². The largest absolute Gasteiger partial charge is 0.350 e. The molecule has 1 N–H and O–H groups in total. The monoisotopic (exact) mass is 332 g/mol. The molecule has 1 aromatic carbocycles. The second-order valence-corrected chi connectivity index (χ2v) is 5.86. The number of carbonyl (C=O) groups excluding carboxylic acids is 1. The van der Waals surface area contributed by atoms with Gasteiger partial charge in [-0.3, -0.25) is 4.79 Å². The van der Waals surface area contributed by atoms with Gasteiger partial charge < -0.3 is 10.2 Å². The Balaban J connectivity index is 2.56. The lowest BCUT2D eigenvalue weighted by Crippen LogP contribution is -2.34. The Morgan fingerprint density at radius 2 is 2.17 bits per heavy atom. The van der Waals surface area contributed by atoms with Gasteiger partial charge in [0.25, 0.3) is 5.91 Å². The molecule has 0 aliphatic rings. The van der Waals surface area contributed by atoms with Crippen molar-refractivity contribution < 1.29 is 4.79 Å². The van der Waals surface area contributed by atoms with E-state index in [4.69, 9.17) is 11.6 Å². The summed E-state index contributed by atoms with van der Waals surface area (Å²) in [6.07, 6.45) is 0.924. The number of hydrogen-bond acceptors (Lipinski definition) is 2. The maximum atomic E-state index is 12.0. The Labute approximate surface area is 122 Å². The van der Waals surface area contributed by atoms with E-state index in [0.717, 1.165) is 17.4 Å². The van der Waals surface area contributed by atoms with E-state index < -0.39 is 0 Å². The highest BCUT2D eigenvalue weighted by Gasteiger charge is 2.11. The molecule has 0 saturated heterocycles. The van der Waals surface area contributed by atoms with Gasteiger partial charge in [0.2, 0.25) is 0 Å². The van der Waals surface area contributed by atoms with Crippen molar-refractivity contribution in [2.75, 3.05) is 20.6 Å². The molecule has 0 aromatic heterocycles. The predicted octanol–water partition coefficient (Wildman–Crippen LogP) is 3.17. The molecule has 0 aliphatic heterocycles. The van der Waals surface area contributed by atoms with Crippen LogP contribution < -0.4 is 5.32 Å². The standard InChI is InChI=1S/C13H18BrClN2O/c1-9(6-7-17(2)3)16-13(18)10-4-5-12(15)11(14)8-10/h4-5,8-9H,6-7H2,1-3H3,(H,16,18). The quantitative estimate of drug-likeness (QED) is 0.897. The minimum Gasteiger partial charge on any atom is -0.350 e. The third-order valence-electron chi connectivity index (χ3n) is 2.57. The molecule has 0 bridgehead atoms. The van der Waals surface area contributed by atoms with E-state index in [9.17, 15) is 4.79 Å². The average molecular weight is 334 g/mol. The predicted molar refractivity (Wildman–Crippen MR) is 79.3 cm³/mol. The van der Waals surface area contributed by atoms with Gasteiger partial charge in [-0.1, -0.05) is 11.6 Å². The van der Waals surface area contributed by atoms with E-state index in [2.05, 4.69) is 26.1 Å². The lowest BCUT2D eigenvalue weighted by molar-refractivity contribution is 0.0936. The van der Waals surface area contributed by atoms with Gasteiger partial charge in [0, 0.05) is 16.1 Å². The summed E-state index contributed by atoms with van der Waals surface area (Å²) in [6, 6.07) is 5.32. The first-order chi connectivity index (χ1) is 8.40. The Kier molecular flexibility index (Phi) is 6.12. The number of nitrogens with zero attached hydrogens (tertiary/aromatic N) is 1. The Morgan fingerprint density at radius 1 is 1.50 bits per heavy atom. The molecule has 0 fully saturated rings. The first-order valence-corrected chi connectivity index (χ1v) is 6.98. The summed E-state index contributed by atoms with van der Waals surface area (Å²) in [7, 11) is 4.04. The van der Waals surface area contributed by atoms with Crippen LogP contribution >= 0.6 is 27.5 Å². The van der Waals surface area contributed by atoms with E-state index in [1.165, 1.54) is 0 Å². The van der Waals surface area contributed by atoms with Gasteiger partial charge in [0.1, 0.15) is 0 Å². The second kappa shape index (κ2) is 7.12. The molecule has 1 atom stereocenters. The molecule has 0 saturated carbocycles. The van der Waals surface area contributed by atoms with Crippen LogP contribution in [0.1, 0.15) is 23.7 Å². The zero-order valence-electron chi connectivity index (χ0n) is 10.8. The number of hydrogen-bond donors (Lipinski definition) is 1. The van der Waals surface area contributed by atoms with Crippen LogP contribution in [-0.4, -0.2) is 37.5 Å². The van der Waals surface area contributed by atoms with Crippen LogP contribution in [0.15, 0.2) is 22.7 Å². The molecule has 0 spiro atoms. The summed E-state index contributed by atoms with van der Waals surface area (Å²) in [4.78, 5) is 14.1. The summed E-state index contributed by atoms with van der Waals surface area (Å²) in [5.41, 5.74) is 0.614. The van der Waals surface area contributed by atoms with Crippen LogP contribution in [0.3, 0.4) is 0 Å². The fraction of sp³-hybridized carbons (Fsp3) is 0.462. The van der Waals surface area contributed by atoms with Crippen molar-refractivity contribution in [3.8, 4) is 0 Å². The molecule has 1 unspecified atom stereocenters. The smallest absolute Gasteiger partial charge is 0.251 e. The normalized spacial score (nSPS) is 12.6. The van der Waals surface area contributed by atoms with E-state index in [-0.39, 0.29) is 11.9 Å². The number of benzene rings is 1. The van der Waals surface area contributed by atoms with Crippen molar-refractivity contribution in [2.24, 2.45) is 0 Å². The fourth-order valence-corrected chi connectivity index (χ4v) is 1.96. The third-order valence-corrected chi connectivity index (χ3v) is 3.78. The lowest BCUT2D eigenvalue weighted by atomic mass is 10.1. The van der Waals surface area contributed by atoms with Crippen molar-refractivity contribution in [1.29, 1.82) is 0 Å². The van der Waals surface area contributed by atoms with Gasteiger partial charge in [0.15, 0.2) is 0 Å². The first-order valence-electron chi connectivity index (χ1n) is 5.81. The molecule has 0 radical (unpaired) electrons. The van der Waals surface area contributed by atoms with Crippen LogP contribution in [0, 0.1) is 0 Å². The highest BCUT2D eigenvalue weighted by atomic mass is 79.9.